The van der Waals surface area contributed by atoms with Gasteiger partial charge in [-0.3, -0.25) is 9.59 Å². The molecule has 2 saturated carbocycles. The Morgan fingerprint density at radius 2 is 1.76 bits per heavy atom. The number of carbonyl (C=O) groups is 2. The average Bonchev–Trinajstić information content (AvgIpc) is 2.73. The molecule has 5 nitrogen and oxygen atoms in total. The number of hydrogen-bond donors (Lipinski definition) is 1. The van der Waals surface area contributed by atoms with E-state index in [0.717, 1.165) is 44.9 Å². The molecule has 1 N–H and O–H groups in total. The largest absolute Gasteiger partial charge is 0.371 e. The van der Waals surface area contributed by atoms with Crippen LogP contribution in [0.4, 0.5) is 0 Å². The fourth-order valence-corrected chi connectivity index (χ4v) is 3.71. The van der Waals surface area contributed by atoms with E-state index in [1.54, 1.807) is 4.90 Å². The fraction of sp³-hybridized carbons (Fsp3) is 0.875. The molecule has 3 aliphatic rings. The number of hydrogen-bond acceptors (Lipinski definition) is 3. The molecule has 0 bridgehead atoms. The summed E-state index contributed by atoms with van der Waals surface area (Å²) in [5, 5.41) is 2.95. The van der Waals surface area contributed by atoms with E-state index in [0.29, 0.717) is 19.7 Å². The molecule has 3 rings (SSSR count). The number of amides is 2. The molecular formula is C16H26N2O3. The monoisotopic (exact) mass is 294 g/mol. The summed E-state index contributed by atoms with van der Waals surface area (Å²) >= 11 is 0. The van der Waals surface area contributed by atoms with Gasteiger partial charge in [0, 0.05) is 12.6 Å². The molecule has 2 aliphatic carbocycles. The lowest BCUT2D eigenvalue weighted by Crippen LogP contribution is -2.59. The summed E-state index contributed by atoms with van der Waals surface area (Å²) in [5.74, 6) is -0.785. The van der Waals surface area contributed by atoms with Crippen molar-refractivity contribution in [2.24, 2.45) is 0 Å². The number of carbonyl (C=O) groups excluding carboxylic acids is 2. The van der Waals surface area contributed by atoms with Crippen LogP contribution in [-0.2, 0) is 14.3 Å². The van der Waals surface area contributed by atoms with Gasteiger partial charge in [-0.2, -0.15) is 0 Å². The summed E-state index contributed by atoms with van der Waals surface area (Å²) in [7, 11) is 0. The van der Waals surface area contributed by atoms with E-state index >= 15 is 0 Å². The Kier molecular flexibility index (Phi) is 4.48. The molecule has 0 aromatic rings. The van der Waals surface area contributed by atoms with Gasteiger partial charge in [-0.1, -0.05) is 25.7 Å². The van der Waals surface area contributed by atoms with E-state index < -0.39 is 5.91 Å². The molecule has 2 amide bonds. The first kappa shape index (κ1) is 14.8. The van der Waals surface area contributed by atoms with Crippen LogP contribution in [0.2, 0.25) is 0 Å². The third-order valence-corrected chi connectivity index (χ3v) is 5.19. The normalized spacial score (nSPS) is 26.0. The molecule has 0 aromatic heterocycles. The SMILES string of the molecule is O=C(NC1CCCCCC1)C(=O)N1CCOC2(CCC2)C1. The standard InChI is InChI=1S/C16H26N2O3/c19-14(17-13-6-3-1-2-4-7-13)15(20)18-10-11-21-16(12-18)8-5-9-16/h13H,1-12H2,(H,17,19). The summed E-state index contributed by atoms with van der Waals surface area (Å²) in [6.45, 7) is 1.69. The van der Waals surface area contributed by atoms with E-state index in [2.05, 4.69) is 5.32 Å². The molecule has 1 saturated heterocycles. The van der Waals surface area contributed by atoms with Crippen molar-refractivity contribution in [3.63, 3.8) is 0 Å². The first-order valence-electron chi connectivity index (χ1n) is 8.42. The molecule has 1 aliphatic heterocycles. The van der Waals surface area contributed by atoms with Gasteiger partial charge in [0.05, 0.1) is 18.8 Å². The van der Waals surface area contributed by atoms with Crippen molar-refractivity contribution < 1.29 is 14.3 Å². The van der Waals surface area contributed by atoms with Gasteiger partial charge < -0.3 is 15.0 Å². The minimum Gasteiger partial charge on any atom is -0.371 e. The van der Waals surface area contributed by atoms with E-state index in [1.807, 2.05) is 0 Å². The molecule has 0 aromatic carbocycles. The van der Waals surface area contributed by atoms with Gasteiger partial charge >= 0.3 is 11.8 Å². The van der Waals surface area contributed by atoms with E-state index in [1.165, 1.54) is 12.8 Å². The van der Waals surface area contributed by atoms with Crippen LogP contribution in [0.1, 0.15) is 57.8 Å². The van der Waals surface area contributed by atoms with Crippen molar-refractivity contribution in [1.29, 1.82) is 0 Å². The van der Waals surface area contributed by atoms with Crippen LogP contribution in [0.3, 0.4) is 0 Å². The van der Waals surface area contributed by atoms with Gasteiger partial charge in [0.15, 0.2) is 0 Å². The predicted molar refractivity (Wildman–Crippen MR) is 78.7 cm³/mol. The lowest BCUT2D eigenvalue weighted by molar-refractivity contribution is -0.171. The smallest absolute Gasteiger partial charge is 0.312 e. The maximum absolute atomic E-state index is 12.3. The summed E-state index contributed by atoms with van der Waals surface area (Å²) in [4.78, 5) is 26.2. The highest BCUT2D eigenvalue weighted by Crippen LogP contribution is 2.38. The molecule has 0 atom stereocenters. The zero-order chi connectivity index (χ0) is 14.7. The molecule has 0 radical (unpaired) electrons. The van der Waals surface area contributed by atoms with Gasteiger partial charge in [0.1, 0.15) is 0 Å². The highest BCUT2D eigenvalue weighted by Gasteiger charge is 2.44. The Hall–Kier alpha value is -1.10. The highest BCUT2D eigenvalue weighted by atomic mass is 16.5. The predicted octanol–water partition coefficient (Wildman–Crippen LogP) is 1.61. The number of ether oxygens (including phenoxy) is 1. The van der Waals surface area contributed by atoms with E-state index in [9.17, 15) is 9.59 Å². The van der Waals surface area contributed by atoms with Gasteiger partial charge in [0.25, 0.3) is 0 Å². The first-order chi connectivity index (χ1) is 10.2. The molecule has 21 heavy (non-hydrogen) atoms. The molecular weight excluding hydrogens is 268 g/mol. The second-order valence-corrected chi connectivity index (χ2v) is 6.77. The highest BCUT2D eigenvalue weighted by molar-refractivity contribution is 6.35. The van der Waals surface area contributed by atoms with Crippen molar-refractivity contribution in [2.45, 2.75) is 69.4 Å². The number of morpholine rings is 1. The number of nitrogens with one attached hydrogen (secondary N) is 1. The number of rotatable bonds is 1. The second-order valence-electron chi connectivity index (χ2n) is 6.77. The zero-order valence-corrected chi connectivity index (χ0v) is 12.7. The summed E-state index contributed by atoms with van der Waals surface area (Å²) in [6.07, 6.45) is 9.99. The molecule has 0 unspecified atom stereocenters. The Morgan fingerprint density at radius 1 is 1.05 bits per heavy atom. The van der Waals surface area contributed by atoms with Gasteiger partial charge in [0.2, 0.25) is 0 Å². The van der Waals surface area contributed by atoms with Crippen LogP contribution >= 0.6 is 0 Å². The lowest BCUT2D eigenvalue weighted by Gasteiger charge is -2.48. The molecule has 3 fully saturated rings. The van der Waals surface area contributed by atoms with Crippen LogP contribution in [0, 0.1) is 0 Å². The van der Waals surface area contributed by atoms with Crippen molar-refractivity contribution in [1.82, 2.24) is 10.2 Å². The topological polar surface area (TPSA) is 58.6 Å². The third-order valence-electron chi connectivity index (χ3n) is 5.19. The van der Waals surface area contributed by atoms with Crippen LogP contribution in [-0.4, -0.2) is 48.1 Å². The summed E-state index contributed by atoms with van der Waals surface area (Å²) in [6, 6.07) is 0.183. The lowest BCUT2D eigenvalue weighted by atomic mass is 9.79. The minimum absolute atomic E-state index is 0.142. The van der Waals surface area contributed by atoms with Crippen molar-refractivity contribution in [3.8, 4) is 0 Å². The van der Waals surface area contributed by atoms with Crippen LogP contribution in [0.15, 0.2) is 0 Å². The molecule has 5 heteroatoms. The zero-order valence-electron chi connectivity index (χ0n) is 12.7. The van der Waals surface area contributed by atoms with Crippen molar-refractivity contribution in [2.75, 3.05) is 19.7 Å². The quantitative estimate of drug-likeness (QED) is 0.590. The van der Waals surface area contributed by atoms with Gasteiger partial charge in [-0.05, 0) is 32.1 Å². The third kappa shape index (κ3) is 3.39. The van der Waals surface area contributed by atoms with E-state index in [-0.39, 0.29) is 17.6 Å². The fourth-order valence-electron chi connectivity index (χ4n) is 3.71. The second kappa shape index (κ2) is 6.34. The van der Waals surface area contributed by atoms with Crippen LogP contribution in [0.5, 0.6) is 0 Å². The number of nitrogens with zero attached hydrogens (tertiary/aromatic N) is 1. The van der Waals surface area contributed by atoms with Crippen LogP contribution < -0.4 is 5.32 Å². The maximum atomic E-state index is 12.3. The summed E-state index contributed by atoms with van der Waals surface area (Å²) in [5.41, 5.74) is -0.142. The van der Waals surface area contributed by atoms with E-state index in [4.69, 9.17) is 4.74 Å². The molecule has 118 valence electrons. The Balaban J connectivity index is 1.52. The Morgan fingerprint density at radius 3 is 2.38 bits per heavy atom. The van der Waals surface area contributed by atoms with Gasteiger partial charge in [-0.25, -0.2) is 0 Å². The maximum Gasteiger partial charge on any atom is 0.312 e. The first-order valence-corrected chi connectivity index (χ1v) is 8.42. The van der Waals surface area contributed by atoms with Crippen molar-refractivity contribution >= 4 is 11.8 Å². The Labute approximate surface area is 126 Å². The van der Waals surface area contributed by atoms with Crippen LogP contribution in [0.25, 0.3) is 0 Å². The Bertz CT molecular complexity index is 398. The minimum atomic E-state index is -0.418. The van der Waals surface area contributed by atoms with Gasteiger partial charge in [-0.15, -0.1) is 0 Å². The summed E-state index contributed by atoms with van der Waals surface area (Å²) < 4.78 is 5.80. The molecule has 1 spiro atoms. The van der Waals surface area contributed by atoms with Crippen molar-refractivity contribution in [3.05, 3.63) is 0 Å². The molecule has 1 heterocycles. The average molecular weight is 294 g/mol.